The van der Waals surface area contributed by atoms with Crippen molar-refractivity contribution < 1.29 is 17.9 Å². The van der Waals surface area contributed by atoms with Crippen molar-refractivity contribution in [1.82, 2.24) is 5.32 Å². The first-order valence-electron chi connectivity index (χ1n) is 5.51. The van der Waals surface area contributed by atoms with Gasteiger partial charge in [-0.1, -0.05) is 0 Å². The maximum atomic E-state index is 11.7. The minimum atomic E-state index is -3.30. The predicted octanol–water partition coefficient (Wildman–Crippen LogP) is 0.381. The van der Waals surface area contributed by atoms with Gasteiger partial charge in [0.15, 0.2) is 9.84 Å². The lowest BCUT2D eigenvalue weighted by Gasteiger charge is -2.30. The second-order valence-corrected chi connectivity index (χ2v) is 6.44. The van der Waals surface area contributed by atoms with Crippen molar-refractivity contribution in [3.8, 4) is 5.75 Å². The van der Waals surface area contributed by atoms with Gasteiger partial charge >= 0.3 is 6.03 Å². The van der Waals surface area contributed by atoms with Crippen molar-refractivity contribution in [1.29, 1.82) is 0 Å². The molecule has 1 N–H and O–H groups in total. The molecule has 3 rings (SSSR count). The summed E-state index contributed by atoms with van der Waals surface area (Å²) in [5.74, 6) is 0.538. The Morgan fingerprint density at radius 3 is 2.94 bits per heavy atom. The quantitative estimate of drug-likeness (QED) is 0.799. The molecule has 7 heteroatoms. The number of nitrogens with zero attached hydrogens (tertiary/aromatic N) is 1. The molecule has 0 bridgehead atoms. The molecular formula is C11H12N2O4S. The third kappa shape index (κ3) is 1.62. The number of ether oxygens (including phenoxy) is 1. The van der Waals surface area contributed by atoms with Gasteiger partial charge in [0.05, 0.1) is 16.6 Å². The van der Waals surface area contributed by atoms with Crippen LogP contribution >= 0.6 is 0 Å². The normalized spacial score (nSPS) is 21.9. The van der Waals surface area contributed by atoms with Crippen molar-refractivity contribution in [3.05, 3.63) is 18.2 Å². The highest BCUT2D eigenvalue weighted by Crippen LogP contribution is 2.37. The van der Waals surface area contributed by atoms with E-state index in [4.69, 9.17) is 4.74 Å². The Hall–Kier alpha value is -1.76. The van der Waals surface area contributed by atoms with Crippen LogP contribution in [0.15, 0.2) is 23.1 Å². The van der Waals surface area contributed by atoms with E-state index in [2.05, 4.69) is 5.32 Å². The molecule has 0 aliphatic carbocycles. The molecule has 0 saturated carbocycles. The Labute approximate surface area is 104 Å². The minimum Gasteiger partial charge on any atom is -0.489 e. The number of rotatable bonds is 1. The van der Waals surface area contributed by atoms with Gasteiger partial charge in [-0.25, -0.2) is 13.2 Å². The van der Waals surface area contributed by atoms with Crippen molar-refractivity contribution in [3.63, 3.8) is 0 Å². The molecule has 96 valence electrons. The van der Waals surface area contributed by atoms with Gasteiger partial charge in [0.1, 0.15) is 12.4 Å². The summed E-state index contributed by atoms with van der Waals surface area (Å²) < 4.78 is 28.6. The van der Waals surface area contributed by atoms with Gasteiger partial charge < -0.3 is 10.1 Å². The second kappa shape index (κ2) is 3.61. The molecule has 2 aliphatic heterocycles. The van der Waals surface area contributed by atoms with Gasteiger partial charge in [-0.05, 0) is 18.2 Å². The number of carbonyl (C=O) groups is 1. The zero-order chi connectivity index (χ0) is 12.9. The highest BCUT2D eigenvalue weighted by atomic mass is 32.2. The Kier molecular flexibility index (Phi) is 2.28. The van der Waals surface area contributed by atoms with Crippen molar-refractivity contribution >= 4 is 21.6 Å². The van der Waals surface area contributed by atoms with E-state index in [1.54, 1.807) is 11.0 Å². The summed E-state index contributed by atoms with van der Waals surface area (Å²) in [6.45, 7) is 0.936. The van der Waals surface area contributed by atoms with Crippen LogP contribution in [0.5, 0.6) is 5.75 Å². The molecule has 1 saturated heterocycles. The van der Waals surface area contributed by atoms with E-state index in [9.17, 15) is 13.2 Å². The smallest absolute Gasteiger partial charge is 0.322 e. The summed E-state index contributed by atoms with van der Waals surface area (Å²) in [6, 6.07) is 4.28. The number of hydrogen-bond donors (Lipinski definition) is 1. The number of benzene rings is 1. The third-order valence-corrected chi connectivity index (χ3v) is 4.23. The van der Waals surface area contributed by atoms with Crippen LogP contribution in [0.3, 0.4) is 0 Å². The number of fused-ring (bicyclic) bond motifs is 3. The Bertz CT molecular complexity index is 626. The average Bonchev–Trinajstić information content (AvgIpc) is 2.69. The van der Waals surface area contributed by atoms with E-state index in [0.717, 1.165) is 6.26 Å². The van der Waals surface area contributed by atoms with Crippen molar-refractivity contribution in [2.24, 2.45) is 0 Å². The zero-order valence-corrected chi connectivity index (χ0v) is 10.5. The Morgan fingerprint density at radius 2 is 2.22 bits per heavy atom. The fourth-order valence-corrected chi connectivity index (χ4v) is 2.85. The monoisotopic (exact) mass is 268 g/mol. The number of carbonyl (C=O) groups excluding carboxylic acids is 1. The van der Waals surface area contributed by atoms with Crippen LogP contribution in [0.4, 0.5) is 10.5 Å². The van der Waals surface area contributed by atoms with Gasteiger partial charge in [-0.2, -0.15) is 0 Å². The van der Waals surface area contributed by atoms with Crippen LogP contribution in [-0.4, -0.2) is 39.9 Å². The summed E-state index contributed by atoms with van der Waals surface area (Å²) in [6.07, 6.45) is 1.14. The summed E-state index contributed by atoms with van der Waals surface area (Å²) in [5, 5.41) is 2.72. The lowest BCUT2D eigenvalue weighted by Crippen LogP contribution is -2.41. The molecule has 1 atom stereocenters. The molecular weight excluding hydrogens is 256 g/mol. The average molecular weight is 268 g/mol. The minimum absolute atomic E-state index is 0.0696. The molecule has 1 aromatic rings. The van der Waals surface area contributed by atoms with E-state index >= 15 is 0 Å². The van der Waals surface area contributed by atoms with Crippen LogP contribution in [0.2, 0.25) is 0 Å². The van der Waals surface area contributed by atoms with E-state index in [1.165, 1.54) is 12.1 Å². The third-order valence-electron chi connectivity index (χ3n) is 3.12. The van der Waals surface area contributed by atoms with Crippen LogP contribution in [0.1, 0.15) is 0 Å². The molecule has 0 aromatic heterocycles. The van der Waals surface area contributed by atoms with Crippen molar-refractivity contribution in [2.45, 2.75) is 10.9 Å². The summed E-state index contributed by atoms with van der Waals surface area (Å²) >= 11 is 0. The number of nitrogens with one attached hydrogen (secondary N) is 1. The first kappa shape index (κ1) is 11.3. The largest absolute Gasteiger partial charge is 0.489 e. The Balaban J connectivity index is 2.14. The van der Waals surface area contributed by atoms with E-state index in [1.807, 2.05) is 0 Å². The molecule has 6 nitrogen and oxygen atoms in total. The SMILES string of the molecule is CS(=O)(=O)c1ccc2c(c1)N1C(=O)NCC1CO2. The molecule has 2 aliphatic rings. The highest BCUT2D eigenvalue weighted by Gasteiger charge is 2.37. The van der Waals surface area contributed by atoms with E-state index in [-0.39, 0.29) is 17.0 Å². The van der Waals surface area contributed by atoms with Gasteiger partial charge in [0.25, 0.3) is 0 Å². The van der Waals surface area contributed by atoms with Gasteiger partial charge in [-0.3, -0.25) is 4.90 Å². The number of hydrogen-bond acceptors (Lipinski definition) is 4. The summed E-state index contributed by atoms with van der Waals surface area (Å²) in [7, 11) is -3.30. The number of sulfone groups is 1. The maximum Gasteiger partial charge on any atom is 0.322 e. The molecule has 0 spiro atoms. The zero-order valence-electron chi connectivity index (χ0n) is 9.71. The van der Waals surface area contributed by atoms with Crippen LogP contribution in [0.25, 0.3) is 0 Å². The first-order valence-corrected chi connectivity index (χ1v) is 7.40. The van der Waals surface area contributed by atoms with Gasteiger partial charge in [-0.15, -0.1) is 0 Å². The standard InChI is InChI=1S/C11H12N2O4S/c1-18(15,16)8-2-3-10-9(4-8)13-7(6-17-10)5-12-11(13)14/h2-4,7H,5-6H2,1H3,(H,12,14). The maximum absolute atomic E-state index is 11.7. The number of anilines is 1. The van der Waals surface area contributed by atoms with Gasteiger partial charge in [0, 0.05) is 12.8 Å². The molecule has 1 unspecified atom stereocenters. The molecule has 1 fully saturated rings. The fourth-order valence-electron chi connectivity index (χ4n) is 2.21. The van der Waals surface area contributed by atoms with Gasteiger partial charge in [0.2, 0.25) is 0 Å². The lowest BCUT2D eigenvalue weighted by atomic mass is 10.2. The summed E-state index contributed by atoms with van der Waals surface area (Å²) in [4.78, 5) is 13.5. The topological polar surface area (TPSA) is 75.7 Å². The van der Waals surface area contributed by atoms with E-state index in [0.29, 0.717) is 24.6 Å². The lowest BCUT2D eigenvalue weighted by molar-refractivity contribution is 0.245. The fraction of sp³-hybridized carbons (Fsp3) is 0.364. The predicted molar refractivity (Wildman–Crippen MR) is 64.7 cm³/mol. The highest BCUT2D eigenvalue weighted by molar-refractivity contribution is 7.90. The summed E-state index contributed by atoms with van der Waals surface area (Å²) in [5.41, 5.74) is 0.518. The van der Waals surface area contributed by atoms with Crippen LogP contribution < -0.4 is 15.0 Å². The molecule has 1 aromatic carbocycles. The molecule has 2 amide bonds. The van der Waals surface area contributed by atoms with Crippen molar-refractivity contribution in [2.75, 3.05) is 24.3 Å². The molecule has 0 radical (unpaired) electrons. The molecule has 18 heavy (non-hydrogen) atoms. The number of amides is 2. The Morgan fingerprint density at radius 1 is 1.44 bits per heavy atom. The number of urea groups is 1. The molecule has 2 heterocycles. The van der Waals surface area contributed by atoms with E-state index < -0.39 is 9.84 Å². The first-order chi connectivity index (χ1) is 8.47. The van der Waals surface area contributed by atoms with Crippen LogP contribution in [0, 0.1) is 0 Å². The second-order valence-electron chi connectivity index (χ2n) is 4.42. The van der Waals surface area contributed by atoms with Crippen LogP contribution in [-0.2, 0) is 9.84 Å².